The molecule has 0 aliphatic carbocycles. The predicted octanol–water partition coefficient (Wildman–Crippen LogP) is 4.02. The smallest absolute Gasteiger partial charge is 0.198 e. The highest BCUT2D eigenvalue weighted by Gasteiger charge is 2.22. The molecular weight excluding hydrogens is 413 g/mol. The second-order valence-electron chi connectivity index (χ2n) is 5.88. The van der Waals surface area contributed by atoms with Gasteiger partial charge < -0.3 is 14.6 Å². The summed E-state index contributed by atoms with van der Waals surface area (Å²) in [5, 5.41) is 3.47. The lowest BCUT2D eigenvalue weighted by molar-refractivity contribution is 0.507. The third-order valence-corrected chi connectivity index (χ3v) is 3.88. The van der Waals surface area contributed by atoms with Gasteiger partial charge in [-0.05, 0) is 37.1 Å². The Hall–Kier alpha value is -1.76. The van der Waals surface area contributed by atoms with Crippen LogP contribution in [0.5, 0.6) is 0 Å². The van der Waals surface area contributed by atoms with Crippen LogP contribution in [0.2, 0.25) is 0 Å². The van der Waals surface area contributed by atoms with Gasteiger partial charge in [0.05, 0.1) is 12.8 Å². The van der Waals surface area contributed by atoms with Crippen molar-refractivity contribution in [2.24, 2.45) is 4.99 Å². The summed E-state index contributed by atoms with van der Waals surface area (Å²) < 4.78 is 5.39. The van der Waals surface area contributed by atoms with Crippen molar-refractivity contribution in [2.45, 2.75) is 19.8 Å². The largest absolute Gasteiger partial charge is 0.469 e. The van der Waals surface area contributed by atoms with Gasteiger partial charge in [-0.15, -0.1) is 24.0 Å². The molecule has 0 unspecified atom stereocenters. The normalized spacial score (nSPS) is 13.4. The van der Waals surface area contributed by atoms with Crippen LogP contribution in [0.3, 0.4) is 0 Å². The van der Waals surface area contributed by atoms with Gasteiger partial charge in [0.15, 0.2) is 5.96 Å². The molecule has 0 spiro atoms. The van der Waals surface area contributed by atoms with Crippen LogP contribution < -0.4 is 10.2 Å². The Morgan fingerprint density at radius 3 is 2.88 bits per heavy atom. The SMILES string of the molecule is C=C(C)CN=C(NCCc1ccco1)N1CCc2ccccc21.I. The Balaban J connectivity index is 0.00000208. The Labute approximate surface area is 160 Å². The van der Waals surface area contributed by atoms with Crippen molar-refractivity contribution in [3.63, 3.8) is 0 Å². The Morgan fingerprint density at radius 1 is 1.29 bits per heavy atom. The van der Waals surface area contributed by atoms with Crippen LogP contribution in [0.1, 0.15) is 18.2 Å². The second kappa shape index (κ2) is 8.92. The molecule has 24 heavy (non-hydrogen) atoms. The fraction of sp³-hybridized carbons (Fsp3) is 0.316. The molecule has 5 heteroatoms. The van der Waals surface area contributed by atoms with E-state index in [-0.39, 0.29) is 24.0 Å². The highest BCUT2D eigenvalue weighted by molar-refractivity contribution is 14.0. The maximum Gasteiger partial charge on any atom is 0.198 e. The number of benzene rings is 1. The predicted molar refractivity (Wildman–Crippen MR) is 110 cm³/mol. The quantitative estimate of drug-likeness (QED) is 0.333. The number of fused-ring (bicyclic) bond motifs is 1. The molecule has 128 valence electrons. The molecule has 0 saturated carbocycles. The first-order valence-corrected chi connectivity index (χ1v) is 8.04. The Bertz CT molecular complexity index is 694. The van der Waals surface area contributed by atoms with Gasteiger partial charge in [-0.3, -0.25) is 0 Å². The molecular formula is C19H24IN3O. The first-order valence-electron chi connectivity index (χ1n) is 8.04. The molecule has 2 aromatic rings. The van der Waals surface area contributed by atoms with E-state index in [1.807, 2.05) is 19.1 Å². The molecule has 0 radical (unpaired) electrons. The van der Waals surface area contributed by atoms with Crippen molar-refractivity contribution >= 4 is 35.6 Å². The molecule has 4 nitrogen and oxygen atoms in total. The van der Waals surface area contributed by atoms with Crippen molar-refractivity contribution in [3.05, 3.63) is 66.1 Å². The van der Waals surface area contributed by atoms with Crippen LogP contribution in [0.15, 0.2) is 64.2 Å². The van der Waals surface area contributed by atoms with E-state index in [1.54, 1.807) is 6.26 Å². The molecule has 1 aliphatic rings. The highest BCUT2D eigenvalue weighted by atomic mass is 127. The standard InChI is InChI=1S/C19H23N3O.HI/c1-15(2)14-21-19(20-11-9-17-7-5-13-23-17)22-12-10-16-6-3-4-8-18(16)22;/h3-8,13H,1,9-12,14H2,2H3,(H,20,21);1H. The minimum atomic E-state index is 0. The summed E-state index contributed by atoms with van der Waals surface area (Å²) in [6, 6.07) is 12.4. The summed E-state index contributed by atoms with van der Waals surface area (Å²) >= 11 is 0. The maximum absolute atomic E-state index is 5.39. The fourth-order valence-corrected chi connectivity index (χ4v) is 2.76. The average Bonchev–Trinajstić information content (AvgIpc) is 3.20. The zero-order chi connectivity index (χ0) is 16.1. The zero-order valence-electron chi connectivity index (χ0n) is 14.0. The summed E-state index contributed by atoms with van der Waals surface area (Å²) in [5.41, 5.74) is 3.68. The van der Waals surface area contributed by atoms with Crippen LogP contribution in [-0.4, -0.2) is 25.6 Å². The molecule has 0 fully saturated rings. The first-order chi connectivity index (χ1) is 11.2. The number of halogens is 1. The monoisotopic (exact) mass is 437 g/mol. The van der Waals surface area contributed by atoms with Crippen molar-refractivity contribution in [3.8, 4) is 0 Å². The van der Waals surface area contributed by atoms with Crippen LogP contribution in [0, 0.1) is 0 Å². The van der Waals surface area contributed by atoms with E-state index in [0.29, 0.717) is 6.54 Å². The minimum Gasteiger partial charge on any atom is -0.469 e. The van der Waals surface area contributed by atoms with Crippen molar-refractivity contribution in [1.82, 2.24) is 5.32 Å². The van der Waals surface area contributed by atoms with Crippen LogP contribution in [0.25, 0.3) is 0 Å². The van der Waals surface area contributed by atoms with Gasteiger partial charge in [-0.25, -0.2) is 4.99 Å². The Kier molecular flexibility index (Phi) is 6.90. The number of hydrogen-bond acceptors (Lipinski definition) is 2. The number of anilines is 1. The number of hydrogen-bond donors (Lipinski definition) is 1. The van der Waals surface area contributed by atoms with Gasteiger partial charge in [-0.2, -0.15) is 0 Å². The van der Waals surface area contributed by atoms with Crippen molar-refractivity contribution in [2.75, 3.05) is 24.5 Å². The molecule has 2 heterocycles. The zero-order valence-corrected chi connectivity index (χ0v) is 16.3. The van der Waals surface area contributed by atoms with Crippen molar-refractivity contribution < 1.29 is 4.42 Å². The molecule has 0 saturated heterocycles. The number of aliphatic imine (C=N–C) groups is 1. The van der Waals surface area contributed by atoms with Gasteiger partial charge >= 0.3 is 0 Å². The number of para-hydroxylation sites is 1. The summed E-state index contributed by atoms with van der Waals surface area (Å²) in [5.74, 6) is 1.91. The first kappa shape index (κ1) is 18.6. The van der Waals surface area contributed by atoms with E-state index in [4.69, 9.17) is 9.41 Å². The van der Waals surface area contributed by atoms with E-state index < -0.39 is 0 Å². The molecule has 0 atom stereocenters. The third kappa shape index (κ3) is 4.63. The molecule has 3 rings (SSSR count). The van der Waals surface area contributed by atoms with Gasteiger partial charge in [0.2, 0.25) is 0 Å². The van der Waals surface area contributed by atoms with E-state index in [2.05, 4.69) is 41.1 Å². The number of nitrogens with zero attached hydrogens (tertiary/aromatic N) is 2. The summed E-state index contributed by atoms with van der Waals surface area (Å²) in [6.45, 7) is 8.35. The van der Waals surface area contributed by atoms with E-state index >= 15 is 0 Å². The van der Waals surface area contributed by atoms with Gasteiger partial charge in [0.1, 0.15) is 5.76 Å². The summed E-state index contributed by atoms with van der Waals surface area (Å²) in [6.07, 6.45) is 3.61. The highest BCUT2D eigenvalue weighted by Crippen LogP contribution is 2.27. The molecule has 0 bridgehead atoms. The fourth-order valence-electron chi connectivity index (χ4n) is 2.76. The Morgan fingerprint density at radius 2 is 2.12 bits per heavy atom. The van der Waals surface area contributed by atoms with Gasteiger partial charge in [0.25, 0.3) is 0 Å². The summed E-state index contributed by atoms with van der Waals surface area (Å²) in [4.78, 5) is 6.99. The van der Waals surface area contributed by atoms with E-state index in [0.717, 1.165) is 43.2 Å². The van der Waals surface area contributed by atoms with Crippen LogP contribution in [0.4, 0.5) is 5.69 Å². The van der Waals surface area contributed by atoms with Gasteiger partial charge in [-0.1, -0.05) is 30.4 Å². The van der Waals surface area contributed by atoms with E-state index in [9.17, 15) is 0 Å². The second-order valence-corrected chi connectivity index (χ2v) is 5.88. The lowest BCUT2D eigenvalue weighted by atomic mass is 10.2. The minimum absolute atomic E-state index is 0. The summed E-state index contributed by atoms with van der Waals surface area (Å²) in [7, 11) is 0. The molecule has 1 aromatic carbocycles. The maximum atomic E-state index is 5.39. The van der Waals surface area contributed by atoms with Gasteiger partial charge in [0, 0.05) is 25.2 Å². The molecule has 0 amide bonds. The third-order valence-electron chi connectivity index (χ3n) is 3.88. The number of nitrogens with one attached hydrogen (secondary N) is 1. The average molecular weight is 437 g/mol. The topological polar surface area (TPSA) is 40.8 Å². The lowest BCUT2D eigenvalue weighted by Gasteiger charge is -2.22. The number of furan rings is 1. The van der Waals surface area contributed by atoms with Crippen molar-refractivity contribution in [1.29, 1.82) is 0 Å². The lowest BCUT2D eigenvalue weighted by Crippen LogP contribution is -2.41. The van der Waals surface area contributed by atoms with E-state index in [1.165, 1.54) is 11.3 Å². The number of guanidine groups is 1. The molecule has 1 aliphatic heterocycles. The molecule has 1 aromatic heterocycles. The molecule has 1 N–H and O–H groups in total. The van der Waals surface area contributed by atoms with Crippen LogP contribution >= 0.6 is 24.0 Å². The van der Waals surface area contributed by atoms with Crippen LogP contribution in [-0.2, 0) is 12.8 Å². The number of rotatable bonds is 5.